The van der Waals surface area contributed by atoms with Gasteiger partial charge < -0.3 is 9.64 Å². The van der Waals surface area contributed by atoms with Gasteiger partial charge >= 0.3 is 6.09 Å². The number of ether oxygens (including phenoxy) is 1. The fourth-order valence-electron chi connectivity index (χ4n) is 4.11. The van der Waals surface area contributed by atoms with Crippen LogP contribution in [0.3, 0.4) is 0 Å². The quantitative estimate of drug-likeness (QED) is 0.295. The predicted octanol–water partition coefficient (Wildman–Crippen LogP) is 6.57. The number of aromatic nitrogens is 2. The monoisotopic (exact) mass is 477 g/mol. The fraction of sp³-hybridized carbons (Fsp3) is 0.231. The number of carbonyl (C=O) groups is 1. The summed E-state index contributed by atoms with van der Waals surface area (Å²) in [7, 11) is 0. The van der Waals surface area contributed by atoms with Crippen LogP contribution in [0.1, 0.15) is 23.6 Å². The number of benzene rings is 3. The highest BCUT2D eigenvalue weighted by molar-refractivity contribution is 7.98. The lowest BCUT2D eigenvalue weighted by atomic mass is 10.2. The maximum atomic E-state index is 12.6. The third-order valence-corrected chi connectivity index (χ3v) is 7.22. The molecule has 1 fully saturated rings. The highest BCUT2D eigenvalue weighted by atomic mass is 35.5. The number of thioether (sulfide) groups is 1. The first-order valence-corrected chi connectivity index (χ1v) is 12.3. The van der Waals surface area contributed by atoms with Crippen molar-refractivity contribution in [1.29, 1.82) is 0 Å². The van der Waals surface area contributed by atoms with Gasteiger partial charge in [-0.1, -0.05) is 72.3 Å². The molecule has 1 aromatic heterocycles. The number of hydrogen-bond donors (Lipinski definition) is 0. The molecule has 3 aromatic carbocycles. The van der Waals surface area contributed by atoms with E-state index in [2.05, 4.69) is 35.4 Å². The Balaban J connectivity index is 1.27. The van der Waals surface area contributed by atoms with Gasteiger partial charge in [0.2, 0.25) is 0 Å². The molecule has 7 heteroatoms. The topological polar surface area (TPSA) is 47.4 Å². The van der Waals surface area contributed by atoms with E-state index in [1.165, 1.54) is 5.56 Å². The maximum absolute atomic E-state index is 12.6. The molecular weight excluding hydrogens is 454 g/mol. The van der Waals surface area contributed by atoms with E-state index in [0.29, 0.717) is 18.1 Å². The predicted molar refractivity (Wildman–Crippen MR) is 133 cm³/mol. The van der Waals surface area contributed by atoms with Gasteiger partial charge in [0.15, 0.2) is 0 Å². The van der Waals surface area contributed by atoms with Crippen LogP contribution in [0.2, 0.25) is 5.02 Å². The van der Waals surface area contributed by atoms with Crippen LogP contribution in [-0.2, 0) is 17.1 Å². The van der Waals surface area contributed by atoms with Crippen molar-refractivity contribution in [2.45, 2.75) is 29.7 Å². The van der Waals surface area contributed by atoms with E-state index >= 15 is 0 Å². The molecule has 5 nitrogen and oxygen atoms in total. The van der Waals surface area contributed by atoms with Gasteiger partial charge in [-0.05, 0) is 29.7 Å². The molecule has 1 unspecified atom stereocenters. The van der Waals surface area contributed by atoms with Crippen molar-refractivity contribution in [2.75, 3.05) is 13.1 Å². The molecule has 1 saturated heterocycles. The van der Waals surface area contributed by atoms with E-state index in [4.69, 9.17) is 16.3 Å². The SMILES string of the molecule is O=C(OCc1ccccc1)N1CCC(n2ncc3c(Cl)cc(SCc4ccccc4)cc32)C1. The summed E-state index contributed by atoms with van der Waals surface area (Å²) in [5.74, 6) is 0.876. The standard InChI is InChI=1S/C26H24ClN3O2S/c27-24-13-22(33-18-20-9-5-2-6-10-20)14-25-23(24)15-28-30(25)21-11-12-29(16-21)26(31)32-17-19-7-3-1-4-8-19/h1-10,13-15,21H,11-12,16-18H2. The molecule has 0 radical (unpaired) electrons. The second-order valence-corrected chi connectivity index (χ2v) is 9.59. The van der Waals surface area contributed by atoms with Crippen LogP contribution in [0.15, 0.2) is 83.9 Å². The first kappa shape index (κ1) is 21.9. The lowest BCUT2D eigenvalue weighted by Crippen LogP contribution is -2.29. The molecular formula is C26H24ClN3O2S. The molecule has 1 atom stereocenters. The molecule has 0 aliphatic carbocycles. The van der Waals surface area contributed by atoms with Crippen LogP contribution in [0, 0.1) is 0 Å². The second-order valence-electron chi connectivity index (χ2n) is 8.13. The van der Waals surface area contributed by atoms with Crippen LogP contribution >= 0.6 is 23.4 Å². The van der Waals surface area contributed by atoms with E-state index in [1.54, 1.807) is 16.7 Å². The highest BCUT2D eigenvalue weighted by Gasteiger charge is 2.30. The van der Waals surface area contributed by atoms with E-state index in [0.717, 1.165) is 33.5 Å². The number of rotatable bonds is 6. The van der Waals surface area contributed by atoms with E-state index < -0.39 is 0 Å². The molecule has 1 aliphatic heterocycles. The number of carbonyl (C=O) groups excluding carboxylic acids is 1. The molecule has 1 aliphatic rings. The summed E-state index contributed by atoms with van der Waals surface area (Å²) < 4.78 is 7.52. The largest absolute Gasteiger partial charge is 0.445 e. The zero-order chi connectivity index (χ0) is 22.6. The minimum Gasteiger partial charge on any atom is -0.445 e. The molecule has 0 N–H and O–H groups in total. The lowest BCUT2D eigenvalue weighted by molar-refractivity contribution is 0.103. The van der Waals surface area contributed by atoms with Gasteiger partial charge in [0, 0.05) is 29.1 Å². The first-order chi connectivity index (χ1) is 16.2. The van der Waals surface area contributed by atoms with E-state index in [-0.39, 0.29) is 18.7 Å². The van der Waals surface area contributed by atoms with Crippen LogP contribution in [0.4, 0.5) is 4.79 Å². The van der Waals surface area contributed by atoms with Crippen LogP contribution in [0.25, 0.3) is 10.9 Å². The van der Waals surface area contributed by atoms with Gasteiger partial charge in [-0.3, -0.25) is 4.68 Å². The zero-order valence-electron chi connectivity index (χ0n) is 18.1. The smallest absolute Gasteiger partial charge is 0.410 e. The van der Waals surface area contributed by atoms with Crippen molar-refractivity contribution in [2.24, 2.45) is 0 Å². The third-order valence-electron chi connectivity index (χ3n) is 5.86. The molecule has 0 bridgehead atoms. The minimum absolute atomic E-state index is 0.0946. The number of hydrogen-bond acceptors (Lipinski definition) is 4. The Labute approximate surface area is 202 Å². The average molecular weight is 478 g/mol. The zero-order valence-corrected chi connectivity index (χ0v) is 19.6. The van der Waals surface area contributed by atoms with Crippen molar-refractivity contribution in [1.82, 2.24) is 14.7 Å². The normalized spacial score (nSPS) is 15.8. The lowest BCUT2D eigenvalue weighted by Gasteiger charge is -2.17. The summed E-state index contributed by atoms with van der Waals surface area (Å²) >= 11 is 8.35. The maximum Gasteiger partial charge on any atom is 0.410 e. The molecule has 1 amide bonds. The average Bonchev–Trinajstić information content (AvgIpc) is 3.50. The van der Waals surface area contributed by atoms with Gasteiger partial charge in [0.1, 0.15) is 6.61 Å². The van der Waals surface area contributed by atoms with Crippen LogP contribution < -0.4 is 0 Å². The number of nitrogens with zero attached hydrogens (tertiary/aromatic N) is 3. The van der Waals surface area contributed by atoms with Gasteiger partial charge in [0.25, 0.3) is 0 Å². The Hall–Kier alpha value is -2.96. The summed E-state index contributed by atoms with van der Waals surface area (Å²) in [5, 5.41) is 6.27. The van der Waals surface area contributed by atoms with Crippen molar-refractivity contribution in [3.63, 3.8) is 0 Å². The molecule has 0 spiro atoms. The van der Waals surface area contributed by atoms with E-state index in [9.17, 15) is 4.79 Å². The second kappa shape index (κ2) is 9.89. The fourth-order valence-corrected chi connectivity index (χ4v) is 5.36. The highest BCUT2D eigenvalue weighted by Crippen LogP contribution is 2.34. The summed E-state index contributed by atoms with van der Waals surface area (Å²) in [6.45, 7) is 1.50. The molecule has 168 valence electrons. The van der Waals surface area contributed by atoms with Gasteiger partial charge in [-0.25, -0.2) is 4.79 Å². The summed E-state index contributed by atoms with van der Waals surface area (Å²) in [4.78, 5) is 15.4. The number of likely N-dealkylation sites (tertiary alicyclic amines) is 1. The van der Waals surface area contributed by atoms with Gasteiger partial charge in [0.05, 0.1) is 22.8 Å². The van der Waals surface area contributed by atoms with Crippen molar-refractivity contribution in [3.05, 3.63) is 95.1 Å². The molecule has 33 heavy (non-hydrogen) atoms. The Kier molecular flexibility index (Phi) is 6.55. The minimum atomic E-state index is -0.282. The Morgan fingerprint density at radius 2 is 1.79 bits per heavy atom. The molecule has 2 heterocycles. The van der Waals surface area contributed by atoms with Crippen LogP contribution in [0.5, 0.6) is 0 Å². The number of amides is 1. The van der Waals surface area contributed by atoms with Crippen molar-refractivity contribution >= 4 is 40.4 Å². The Morgan fingerprint density at radius 1 is 1.06 bits per heavy atom. The van der Waals surface area contributed by atoms with Crippen molar-refractivity contribution in [3.8, 4) is 0 Å². The number of halogens is 1. The molecule has 0 saturated carbocycles. The first-order valence-electron chi connectivity index (χ1n) is 11.0. The van der Waals surface area contributed by atoms with Crippen molar-refractivity contribution < 1.29 is 9.53 Å². The van der Waals surface area contributed by atoms with Crippen LogP contribution in [-0.4, -0.2) is 33.9 Å². The summed E-state index contributed by atoms with van der Waals surface area (Å²) in [5.41, 5.74) is 3.25. The van der Waals surface area contributed by atoms with E-state index in [1.807, 2.05) is 53.3 Å². The molecule has 5 rings (SSSR count). The van der Waals surface area contributed by atoms with Gasteiger partial charge in [-0.2, -0.15) is 5.10 Å². The Morgan fingerprint density at radius 3 is 2.55 bits per heavy atom. The summed E-state index contributed by atoms with van der Waals surface area (Å²) in [6.07, 6.45) is 2.37. The summed E-state index contributed by atoms with van der Waals surface area (Å²) in [6, 6.07) is 24.4. The molecule has 4 aromatic rings. The Bertz CT molecular complexity index is 1250. The van der Waals surface area contributed by atoms with Gasteiger partial charge in [-0.15, -0.1) is 11.8 Å². The number of fused-ring (bicyclic) bond motifs is 1. The third kappa shape index (κ3) is 5.02.